The Hall–Kier alpha value is -0.370. The van der Waals surface area contributed by atoms with E-state index < -0.39 is 0 Å². The maximum atomic E-state index is 11.5. The third-order valence-electron chi connectivity index (χ3n) is 4.35. The van der Waals surface area contributed by atoms with Gasteiger partial charge in [-0.25, -0.2) is 0 Å². The Labute approximate surface area is 93.0 Å². The second kappa shape index (κ2) is 4.65. The van der Waals surface area contributed by atoms with Crippen LogP contribution in [0.25, 0.3) is 0 Å². The summed E-state index contributed by atoms with van der Waals surface area (Å²) < 4.78 is 0. The van der Waals surface area contributed by atoms with E-state index in [0.29, 0.717) is 17.9 Å². The largest absolute Gasteiger partial charge is 0.300 e. The van der Waals surface area contributed by atoms with Crippen LogP contribution in [0.2, 0.25) is 0 Å². The second-order valence-electron chi connectivity index (χ2n) is 5.39. The molecule has 0 radical (unpaired) electrons. The Balaban J connectivity index is 1.98. The van der Waals surface area contributed by atoms with Crippen molar-refractivity contribution in [1.29, 1.82) is 0 Å². The van der Waals surface area contributed by atoms with Crippen LogP contribution in [-0.2, 0) is 4.79 Å². The quantitative estimate of drug-likeness (QED) is 0.661. The highest BCUT2D eigenvalue weighted by atomic mass is 16.1. The lowest BCUT2D eigenvalue weighted by Gasteiger charge is -2.44. The fourth-order valence-electron chi connectivity index (χ4n) is 3.17. The lowest BCUT2D eigenvalue weighted by Crippen LogP contribution is -2.49. The van der Waals surface area contributed by atoms with Gasteiger partial charge in [-0.1, -0.05) is 6.92 Å². The van der Waals surface area contributed by atoms with Crippen LogP contribution in [-0.4, -0.2) is 29.3 Å². The Morgan fingerprint density at radius 3 is 2.73 bits per heavy atom. The second-order valence-corrected chi connectivity index (χ2v) is 5.39. The molecule has 1 saturated heterocycles. The van der Waals surface area contributed by atoms with Crippen LogP contribution in [0.4, 0.5) is 0 Å². The molecule has 0 bridgehead atoms. The molecule has 1 saturated carbocycles. The molecular weight excluding hydrogens is 186 g/mol. The van der Waals surface area contributed by atoms with Gasteiger partial charge in [0.15, 0.2) is 0 Å². The molecule has 2 nitrogen and oxygen atoms in total. The zero-order valence-corrected chi connectivity index (χ0v) is 10.0. The first kappa shape index (κ1) is 11.1. The summed E-state index contributed by atoms with van der Waals surface area (Å²) in [5.41, 5.74) is 0. The molecule has 0 aromatic heterocycles. The van der Waals surface area contributed by atoms with Crippen molar-refractivity contribution in [3.8, 4) is 0 Å². The average molecular weight is 209 g/mol. The smallest absolute Gasteiger partial charge is 0.134 e. The summed E-state index contributed by atoms with van der Waals surface area (Å²) in [6.07, 6.45) is 6.67. The summed E-state index contributed by atoms with van der Waals surface area (Å²) in [7, 11) is 0. The van der Waals surface area contributed by atoms with Crippen molar-refractivity contribution in [2.75, 3.05) is 6.54 Å². The van der Waals surface area contributed by atoms with Crippen LogP contribution in [0.1, 0.15) is 52.4 Å². The summed E-state index contributed by atoms with van der Waals surface area (Å²) in [5.74, 6) is 1.28. The van der Waals surface area contributed by atoms with Gasteiger partial charge in [-0.05, 0) is 45.1 Å². The van der Waals surface area contributed by atoms with Crippen LogP contribution < -0.4 is 0 Å². The van der Waals surface area contributed by atoms with Crippen molar-refractivity contribution in [3.63, 3.8) is 0 Å². The molecule has 0 N–H and O–H groups in total. The van der Waals surface area contributed by atoms with Crippen molar-refractivity contribution in [1.82, 2.24) is 4.90 Å². The molecule has 2 heteroatoms. The van der Waals surface area contributed by atoms with Crippen LogP contribution in [0.15, 0.2) is 0 Å². The SMILES string of the molecule is CC1CCCN(C2CCCC(=O)C2)C1C. The van der Waals surface area contributed by atoms with Crippen LogP contribution in [0.5, 0.6) is 0 Å². The van der Waals surface area contributed by atoms with Crippen LogP contribution >= 0.6 is 0 Å². The maximum Gasteiger partial charge on any atom is 0.134 e. The van der Waals surface area contributed by atoms with Crippen molar-refractivity contribution >= 4 is 5.78 Å². The zero-order chi connectivity index (χ0) is 10.8. The number of carbonyl (C=O) groups excluding carboxylic acids is 1. The molecular formula is C13H23NO. The fourth-order valence-corrected chi connectivity index (χ4v) is 3.17. The first-order valence-electron chi connectivity index (χ1n) is 6.46. The molecule has 15 heavy (non-hydrogen) atoms. The molecule has 3 atom stereocenters. The lowest BCUT2D eigenvalue weighted by atomic mass is 9.86. The number of likely N-dealkylation sites (tertiary alicyclic amines) is 1. The number of carbonyl (C=O) groups is 1. The van der Waals surface area contributed by atoms with Crippen molar-refractivity contribution in [2.45, 2.75) is 64.5 Å². The lowest BCUT2D eigenvalue weighted by molar-refractivity contribution is -0.122. The number of hydrogen-bond acceptors (Lipinski definition) is 2. The van der Waals surface area contributed by atoms with Gasteiger partial charge in [-0.3, -0.25) is 9.69 Å². The van der Waals surface area contributed by atoms with Crippen molar-refractivity contribution in [3.05, 3.63) is 0 Å². The molecule has 2 fully saturated rings. The minimum absolute atomic E-state index is 0.483. The predicted octanol–water partition coefficient (Wildman–Crippen LogP) is 2.62. The summed E-state index contributed by atoms with van der Waals surface area (Å²) in [6, 6.07) is 1.23. The average Bonchev–Trinajstić information content (AvgIpc) is 2.22. The van der Waals surface area contributed by atoms with Crippen molar-refractivity contribution in [2.24, 2.45) is 5.92 Å². The maximum absolute atomic E-state index is 11.5. The first-order chi connectivity index (χ1) is 7.18. The Kier molecular flexibility index (Phi) is 3.45. The minimum atomic E-state index is 0.483. The van der Waals surface area contributed by atoms with Gasteiger partial charge in [-0.2, -0.15) is 0 Å². The zero-order valence-electron chi connectivity index (χ0n) is 10.0. The van der Waals surface area contributed by atoms with Crippen LogP contribution in [0, 0.1) is 5.92 Å². The normalized spacial score (nSPS) is 39.3. The van der Waals surface area contributed by atoms with Gasteiger partial charge >= 0.3 is 0 Å². The number of nitrogens with zero attached hydrogens (tertiary/aromatic N) is 1. The number of hydrogen-bond donors (Lipinski definition) is 0. The molecule has 1 aliphatic heterocycles. The summed E-state index contributed by atoms with van der Waals surface area (Å²) in [6.45, 7) is 5.90. The Morgan fingerprint density at radius 2 is 2.00 bits per heavy atom. The topological polar surface area (TPSA) is 20.3 Å². The van der Waals surface area contributed by atoms with E-state index in [-0.39, 0.29) is 0 Å². The molecule has 1 aliphatic carbocycles. The summed E-state index contributed by atoms with van der Waals surface area (Å²) in [4.78, 5) is 14.1. The standard InChI is InChI=1S/C13H23NO/c1-10-5-4-8-14(11(10)2)12-6-3-7-13(15)9-12/h10-12H,3-9H2,1-2H3. The van der Waals surface area contributed by atoms with Crippen molar-refractivity contribution < 1.29 is 4.79 Å². The van der Waals surface area contributed by atoms with E-state index >= 15 is 0 Å². The first-order valence-corrected chi connectivity index (χ1v) is 6.46. The predicted molar refractivity (Wildman–Crippen MR) is 61.8 cm³/mol. The van der Waals surface area contributed by atoms with Gasteiger partial charge in [0.05, 0.1) is 0 Å². The van der Waals surface area contributed by atoms with E-state index in [0.717, 1.165) is 25.2 Å². The van der Waals surface area contributed by atoms with Gasteiger partial charge in [0.25, 0.3) is 0 Å². The van der Waals surface area contributed by atoms with E-state index in [2.05, 4.69) is 18.7 Å². The third kappa shape index (κ3) is 2.41. The molecule has 1 heterocycles. The number of piperidine rings is 1. The Morgan fingerprint density at radius 1 is 1.20 bits per heavy atom. The minimum Gasteiger partial charge on any atom is -0.300 e. The van der Waals surface area contributed by atoms with E-state index in [4.69, 9.17) is 0 Å². The van der Waals surface area contributed by atoms with Gasteiger partial charge in [0.1, 0.15) is 5.78 Å². The highest BCUT2D eigenvalue weighted by Gasteiger charge is 2.32. The summed E-state index contributed by atoms with van der Waals surface area (Å²) >= 11 is 0. The van der Waals surface area contributed by atoms with E-state index in [9.17, 15) is 4.79 Å². The number of Topliss-reactive ketones (excluding diaryl/α,β-unsaturated/α-hetero) is 1. The highest BCUT2D eigenvalue weighted by Crippen LogP contribution is 2.29. The van der Waals surface area contributed by atoms with Gasteiger partial charge in [0.2, 0.25) is 0 Å². The molecule has 2 rings (SSSR count). The number of rotatable bonds is 1. The Bertz CT molecular complexity index is 239. The third-order valence-corrected chi connectivity index (χ3v) is 4.35. The molecule has 0 amide bonds. The fraction of sp³-hybridized carbons (Fsp3) is 0.923. The van der Waals surface area contributed by atoms with E-state index in [1.54, 1.807) is 0 Å². The molecule has 3 unspecified atom stereocenters. The molecule has 0 aromatic rings. The van der Waals surface area contributed by atoms with Crippen LogP contribution in [0.3, 0.4) is 0 Å². The van der Waals surface area contributed by atoms with Gasteiger partial charge in [-0.15, -0.1) is 0 Å². The molecule has 0 spiro atoms. The van der Waals surface area contributed by atoms with Gasteiger partial charge < -0.3 is 0 Å². The molecule has 86 valence electrons. The van der Waals surface area contributed by atoms with E-state index in [1.165, 1.54) is 25.8 Å². The molecule has 2 aliphatic rings. The monoisotopic (exact) mass is 209 g/mol. The summed E-state index contributed by atoms with van der Waals surface area (Å²) in [5, 5.41) is 0. The van der Waals surface area contributed by atoms with E-state index in [1.807, 2.05) is 0 Å². The highest BCUT2D eigenvalue weighted by molar-refractivity contribution is 5.79. The number of ketones is 1. The van der Waals surface area contributed by atoms with Gasteiger partial charge in [0, 0.05) is 24.9 Å². The molecule has 0 aromatic carbocycles.